The normalized spacial score (nSPS) is 14.5. The maximum atomic E-state index is 13.1. The molecule has 1 fully saturated rings. The molecule has 132 valence electrons. The second kappa shape index (κ2) is 7.01. The largest absolute Gasteiger partial charge is 0.497 e. The molecule has 0 bridgehead atoms. The highest BCUT2D eigenvalue weighted by Gasteiger charge is 2.44. The van der Waals surface area contributed by atoms with Crippen LogP contribution in [0.2, 0.25) is 0 Å². The Kier molecular flexibility index (Phi) is 4.79. The molecule has 2 aromatic rings. The van der Waals surface area contributed by atoms with Gasteiger partial charge < -0.3 is 20.1 Å². The van der Waals surface area contributed by atoms with Gasteiger partial charge >= 0.3 is 6.03 Å². The summed E-state index contributed by atoms with van der Waals surface area (Å²) in [5.41, 5.74) is 1.53. The highest BCUT2D eigenvalue weighted by atomic mass is 19.1. The second-order valence-electron chi connectivity index (χ2n) is 6.16. The smallest absolute Gasteiger partial charge is 0.319 e. The quantitative estimate of drug-likeness (QED) is 0.840. The first-order chi connectivity index (χ1) is 12.1. The molecule has 2 aromatic carbocycles. The van der Waals surface area contributed by atoms with Gasteiger partial charge in [0, 0.05) is 18.0 Å². The minimum Gasteiger partial charge on any atom is -0.497 e. The van der Waals surface area contributed by atoms with Crippen LogP contribution in [-0.4, -0.2) is 26.8 Å². The molecule has 25 heavy (non-hydrogen) atoms. The van der Waals surface area contributed by atoms with E-state index in [-0.39, 0.29) is 17.3 Å². The van der Waals surface area contributed by atoms with Crippen LogP contribution in [0.25, 0.3) is 0 Å². The van der Waals surface area contributed by atoms with E-state index in [1.54, 1.807) is 37.4 Å². The molecule has 0 aromatic heterocycles. The molecule has 0 heterocycles. The Morgan fingerprint density at radius 3 is 2.44 bits per heavy atom. The molecule has 0 aliphatic heterocycles. The van der Waals surface area contributed by atoms with Crippen molar-refractivity contribution in [3.05, 3.63) is 53.8 Å². The van der Waals surface area contributed by atoms with E-state index in [1.165, 1.54) is 19.2 Å². The number of rotatable bonds is 6. The van der Waals surface area contributed by atoms with Gasteiger partial charge in [0.1, 0.15) is 17.3 Å². The lowest BCUT2D eigenvalue weighted by atomic mass is 9.96. The fourth-order valence-corrected chi connectivity index (χ4v) is 2.84. The Labute approximate surface area is 146 Å². The third-order valence-electron chi connectivity index (χ3n) is 4.55. The topological polar surface area (TPSA) is 59.6 Å². The monoisotopic (exact) mass is 344 g/mol. The Balaban J connectivity index is 1.61. The Hall–Kier alpha value is -2.76. The lowest BCUT2D eigenvalue weighted by Crippen LogP contribution is -2.35. The SMILES string of the molecule is COc1ccc(NC(=O)NCC2(c3ccc(F)cc3)CC2)c(OC)c1. The zero-order valence-electron chi connectivity index (χ0n) is 14.3. The number of carbonyl (C=O) groups excluding carboxylic acids is 1. The summed E-state index contributed by atoms with van der Waals surface area (Å²) in [6.07, 6.45) is 1.95. The number of methoxy groups -OCH3 is 2. The van der Waals surface area contributed by atoms with Gasteiger partial charge in [-0.2, -0.15) is 0 Å². The van der Waals surface area contributed by atoms with Crippen LogP contribution >= 0.6 is 0 Å². The minimum atomic E-state index is -0.308. The molecule has 3 rings (SSSR count). The van der Waals surface area contributed by atoms with E-state index in [4.69, 9.17) is 9.47 Å². The molecule has 0 atom stereocenters. The lowest BCUT2D eigenvalue weighted by Gasteiger charge is -2.18. The maximum Gasteiger partial charge on any atom is 0.319 e. The van der Waals surface area contributed by atoms with Crippen molar-refractivity contribution in [2.45, 2.75) is 18.3 Å². The van der Waals surface area contributed by atoms with Crippen LogP contribution in [-0.2, 0) is 5.41 Å². The summed E-state index contributed by atoms with van der Waals surface area (Å²) < 4.78 is 23.5. The van der Waals surface area contributed by atoms with Crippen molar-refractivity contribution in [2.24, 2.45) is 0 Å². The van der Waals surface area contributed by atoms with Gasteiger partial charge in [-0.15, -0.1) is 0 Å². The molecule has 0 saturated heterocycles. The van der Waals surface area contributed by atoms with Crippen LogP contribution < -0.4 is 20.1 Å². The summed E-state index contributed by atoms with van der Waals surface area (Å²) in [5, 5.41) is 5.68. The van der Waals surface area contributed by atoms with Crippen molar-refractivity contribution in [3.8, 4) is 11.5 Å². The summed E-state index contributed by atoms with van der Waals surface area (Å²) >= 11 is 0. The minimum absolute atomic E-state index is 0.0883. The maximum absolute atomic E-state index is 13.1. The molecule has 0 radical (unpaired) electrons. The van der Waals surface area contributed by atoms with Crippen molar-refractivity contribution < 1.29 is 18.7 Å². The number of ether oxygens (including phenoxy) is 2. The number of halogens is 1. The van der Waals surface area contributed by atoms with E-state index in [0.717, 1.165) is 18.4 Å². The van der Waals surface area contributed by atoms with E-state index in [9.17, 15) is 9.18 Å². The first-order valence-electron chi connectivity index (χ1n) is 8.09. The van der Waals surface area contributed by atoms with E-state index in [2.05, 4.69) is 10.6 Å². The van der Waals surface area contributed by atoms with Gasteiger partial charge in [0.2, 0.25) is 0 Å². The van der Waals surface area contributed by atoms with E-state index >= 15 is 0 Å². The van der Waals surface area contributed by atoms with Crippen molar-refractivity contribution >= 4 is 11.7 Å². The van der Waals surface area contributed by atoms with Gasteiger partial charge in [-0.05, 0) is 42.7 Å². The summed E-state index contributed by atoms with van der Waals surface area (Å²) in [6, 6.07) is 11.4. The van der Waals surface area contributed by atoms with Crippen LogP contribution in [0.5, 0.6) is 11.5 Å². The van der Waals surface area contributed by atoms with Crippen LogP contribution in [0.3, 0.4) is 0 Å². The lowest BCUT2D eigenvalue weighted by molar-refractivity contribution is 0.251. The molecular weight excluding hydrogens is 323 g/mol. The zero-order valence-corrected chi connectivity index (χ0v) is 14.3. The first kappa shape index (κ1) is 17.1. The number of carbonyl (C=O) groups is 1. The van der Waals surface area contributed by atoms with Crippen LogP contribution in [0.4, 0.5) is 14.9 Å². The third-order valence-corrected chi connectivity index (χ3v) is 4.55. The Bertz CT molecular complexity index is 758. The number of amides is 2. The van der Waals surface area contributed by atoms with Crippen LogP contribution in [0, 0.1) is 5.82 Å². The number of urea groups is 1. The van der Waals surface area contributed by atoms with Gasteiger partial charge in [-0.1, -0.05) is 12.1 Å². The summed E-state index contributed by atoms with van der Waals surface area (Å²) in [7, 11) is 3.10. The fraction of sp³-hybridized carbons (Fsp3) is 0.316. The van der Waals surface area contributed by atoms with E-state index in [1.807, 2.05) is 0 Å². The van der Waals surface area contributed by atoms with Gasteiger partial charge in [0.25, 0.3) is 0 Å². The van der Waals surface area contributed by atoms with E-state index in [0.29, 0.717) is 23.7 Å². The van der Waals surface area contributed by atoms with Crippen LogP contribution in [0.1, 0.15) is 18.4 Å². The van der Waals surface area contributed by atoms with Gasteiger partial charge in [0.05, 0.1) is 19.9 Å². The summed E-state index contributed by atoms with van der Waals surface area (Å²) in [6.45, 7) is 0.503. The third kappa shape index (κ3) is 3.84. The fourth-order valence-electron chi connectivity index (χ4n) is 2.84. The Morgan fingerprint density at radius 1 is 1.12 bits per heavy atom. The van der Waals surface area contributed by atoms with E-state index < -0.39 is 0 Å². The van der Waals surface area contributed by atoms with Crippen molar-refractivity contribution in [2.75, 3.05) is 26.1 Å². The zero-order chi connectivity index (χ0) is 17.9. The van der Waals surface area contributed by atoms with Crippen molar-refractivity contribution in [3.63, 3.8) is 0 Å². The summed E-state index contributed by atoms with van der Waals surface area (Å²) in [4.78, 5) is 12.2. The molecule has 2 N–H and O–H groups in total. The number of hydrogen-bond donors (Lipinski definition) is 2. The molecule has 0 spiro atoms. The number of hydrogen-bond acceptors (Lipinski definition) is 3. The standard InChI is InChI=1S/C19H21FN2O3/c1-24-15-7-8-16(17(11-15)25-2)22-18(23)21-12-19(9-10-19)13-3-5-14(20)6-4-13/h3-8,11H,9-10,12H2,1-2H3,(H2,21,22,23). The van der Waals surface area contributed by atoms with Gasteiger partial charge in [0.15, 0.2) is 0 Å². The molecule has 1 aliphatic rings. The Morgan fingerprint density at radius 2 is 1.84 bits per heavy atom. The predicted octanol–water partition coefficient (Wildman–Crippen LogP) is 3.70. The number of anilines is 1. The first-order valence-corrected chi connectivity index (χ1v) is 8.09. The average molecular weight is 344 g/mol. The molecule has 1 saturated carbocycles. The average Bonchev–Trinajstić information content (AvgIpc) is 3.42. The van der Waals surface area contributed by atoms with Gasteiger partial charge in [-0.3, -0.25) is 0 Å². The second-order valence-corrected chi connectivity index (χ2v) is 6.16. The van der Waals surface area contributed by atoms with Crippen LogP contribution in [0.15, 0.2) is 42.5 Å². The molecule has 5 nitrogen and oxygen atoms in total. The van der Waals surface area contributed by atoms with Gasteiger partial charge in [-0.25, -0.2) is 9.18 Å². The molecule has 1 aliphatic carbocycles. The number of nitrogens with one attached hydrogen (secondary N) is 2. The number of benzene rings is 2. The predicted molar refractivity (Wildman–Crippen MR) is 93.9 cm³/mol. The molecule has 0 unspecified atom stereocenters. The highest BCUT2D eigenvalue weighted by molar-refractivity contribution is 5.91. The molecule has 2 amide bonds. The molecular formula is C19H21FN2O3. The highest BCUT2D eigenvalue weighted by Crippen LogP contribution is 2.47. The molecule has 6 heteroatoms. The summed E-state index contributed by atoms with van der Waals surface area (Å²) in [5.74, 6) is 0.919. The van der Waals surface area contributed by atoms with Crippen molar-refractivity contribution in [1.29, 1.82) is 0 Å². The van der Waals surface area contributed by atoms with Crippen molar-refractivity contribution in [1.82, 2.24) is 5.32 Å².